The number of hydrogen-bond acceptors (Lipinski definition) is 4. The van der Waals surface area contributed by atoms with Crippen LogP contribution in [0, 0.1) is 19.1 Å². The molecule has 62 heavy (non-hydrogen) atoms. The summed E-state index contributed by atoms with van der Waals surface area (Å²) in [7, 11) is -1.28. The Morgan fingerprint density at radius 3 is 2.02 bits per heavy atom. The Morgan fingerprint density at radius 2 is 1.31 bits per heavy atom. The number of imidazole rings is 1. The van der Waals surface area contributed by atoms with Crippen LogP contribution in [0.1, 0.15) is 56.4 Å². The Bertz CT molecular complexity index is 3160. The van der Waals surface area contributed by atoms with Crippen LogP contribution in [0.25, 0.3) is 81.6 Å². The summed E-state index contributed by atoms with van der Waals surface area (Å²) in [4.78, 5) is 15.9. The summed E-state index contributed by atoms with van der Waals surface area (Å²) in [6, 6.07) is 56.2. The number of aromatic nitrogens is 4. The molecular formula is C55H50IrN4SSi-2. The molecule has 0 saturated carbocycles. The molecule has 4 nitrogen and oxygen atoms in total. The second-order valence-electron chi connectivity index (χ2n) is 17.6. The first-order valence-corrected chi connectivity index (χ1v) is 25.6. The first-order chi connectivity index (χ1) is 29.5. The van der Waals surface area contributed by atoms with Crippen LogP contribution in [0.5, 0.6) is 0 Å². The van der Waals surface area contributed by atoms with Gasteiger partial charge >= 0.3 is 0 Å². The third-order valence-corrected chi connectivity index (χ3v) is 14.7. The van der Waals surface area contributed by atoms with E-state index in [1.165, 1.54) is 59.4 Å². The molecule has 1 radical (unpaired) electrons. The van der Waals surface area contributed by atoms with E-state index in [9.17, 15) is 0 Å². The van der Waals surface area contributed by atoms with Crippen LogP contribution in [0.2, 0.25) is 19.6 Å². The number of fused-ring (bicyclic) bond motifs is 5. The van der Waals surface area contributed by atoms with Crippen molar-refractivity contribution in [2.75, 3.05) is 0 Å². The van der Waals surface area contributed by atoms with Gasteiger partial charge in [0.1, 0.15) is 4.83 Å². The van der Waals surface area contributed by atoms with Crippen LogP contribution in [-0.2, 0) is 20.1 Å². The van der Waals surface area contributed by atoms with E-state index in [2.05, 4.69) is 203 Å². The van der Waals surface area contributed by atoms with Gasteiger partial charge in [-0.05, 0) is 92.3 Å². The molecular weight excluding hydrogens is 969 g/mol. The van der Waals surface area contributed by atoms with Crippen LogP contribution < -0.4 is 5.19 Å². The van der Waals surface area contributed by atoms with Crippen molar-refractivity contribution in [3.05, 3.63) is 175 Å². The maximum absolute atomic E-state index is 5.30. The minimum Gasteiger partial charge on any atom is -0.333 e. The number of thiophene rings is 1. The van der Waals surface area contributed by atoms with Crippen molar-refractivity contribution in [3.8, 4) is 39.5 Å². The van der Waals surface area contributed by atoms with Crippen LogP contribution in [0.3, 0.4) is 0 Å². The van der Waals surface area contributed by atoms with Gasteiger partial charge in [-0.25, -0.2) is 4.98 Å². The van der Waals surface area contributed by atoms with Crippen LogP contribution in [0.15, 0.2) is 146 Å². The minimum absolute atomic E-state index is 0. The first kappa shape index (κ1) is 43.1. The summed E-state index contributed by atoms with van der Waals surface area (Å²) >= 11 is 1.74. The molecule has 4 heterocycles. The summed E-state index contributed by atoms with van der Waals surface area (Å²) in [6.45, 7) is 18.3. The molecule has 7 heteroatoms. The SMILES string of the molecule is C[Si](C)(C)c1ccc(-c2[c-]ccc3ccccc23)nc1.Cc1ccc2c(n1)sc1c(-c3nc4ccccc4n3-c3c(C(C)C)cc(-c4ccccc4)cc3C(C)C)[c-]ccc12.[Ir]. The number of hydrogen-bond donors (Lipinski definition) is 0. The Balaban J connectivity index is 0.000000212. The van der Waals surface area contributed by atoms with Crippen LogP contribution in [-0.4, -0.2) is 27.6 Å². The van der Waals surface area contributed by atoms with Crippen molar-refractivity contribution >= 4 is 66.7 Å². The number of nitrogens with zero attached hydrogens (tertiary/aromatic N) is 4. The van der Waals surface area contributed by atoms with Crippen molar-refractivity contribution in [1.29, 1.82) is 0 Å². The number of pyridine rings is 2. The fraction of sp³-hybridized carbons (Fsp3) is 0.182. The number of rotatable bonds is 7. The molecule has 10 rings (SSSR count). The van der Waals surface area contributed by atoms with E-state index in [4.69, 9.17) is 9.97 Å². The topological polar surface area (TPSA) is 43.6 Å². The van der Waals surface area contributed by atoms with Gasteiger partial charge in [-0.15, -0.1) is 47.3 Å². The minimum atomic E-state index is -1.28. The standard InChI is InChI=1S/C37H32N3S.C18H18NSi.Ir/c1-22(2)30-20-26(25-12-7-6-8-13-25)21-31(23(3)4)34(30)40-33-17-10-9-16-32(33)39-36(40)29-15-11-14-27-28-19-18-24(5)38-37(28)41-35(27)29;1-20(2,3)15-11-12-18(19-13-15)17-10-6-8-14-7-4-5-9-16(14)17;/h6-14,16-23H,1-5H3;4-9,11-13H,1-3H3;/q2*-1;. The summed E-state index contributed by atoms with van der Waals surface area (Å²) in [5.74, 6) is 1.56. The van der Waals surface area contributed by atoms with Crippen LogP contribution >= 0.6 is 11.3 Å². The Hall–Kier alpha value is -5.56. The number of aryl methyl sites for hydroxylation is 1. The quantitative estimate of drug-likeness (QED) is 0.118. The molecule has 0 fully saturated rings. The fourth-order valence-electron chi connectivity index (χ4n) is 8.28. The van der Waals surface area contributed by atoms with Crippen molar-refractivity contribution in [2.24, 2.45) is 0 Å². The van der Waals surface area contributed by atoms with E-state index in [1.54, 1.807) is 11.3 Å². The molecule has 0 bridgehead atoms. The summed E-state index contributed by atoms with van der Waals surface area (Å²) in [6.07, 6.45) is 2.04. The van der Waals surface area contributed by atoms with Gasteiger partial charge in [-0.1, -0.05) is 149 Å². The largest absolute Gasteiger partial charge is 0.333 e. The molecule has 0 aliphatic rings. The van der Waals surface area contributed by atoms with Crippen LogP contribution in [0.4, 0.5) is 0 Å². The second kappa shape index (κ2) is 17.7. The van der Waals surface area contributed by atoms with Gasteiger partial charge in [-0.3, -0.25) is 4.98 Å². The molecule has 0 atom stereocenters. The monoisotopic (exact) mass is 1020 g/mol. The number of benzene rings is 6. The molecule has 311 valence electrons. The zero-order chi connectivity index (χ0) is 42.4. The maximum Gasteiger partial charge on any atom is 0.113 e. The second-order valence-corrected chi connectivity index (χ2v) is 23.6. The molecule has 0 aliphatic heterocycles. The molecule has 0 aliphatic carbocycles. The number of para-hydroxylation sites is 2. The van der Waals surface area contributed by atoms with E-state index in [0.717, 1.165) is 44.2 Å². The fourth-order valence-corrected chi connectivity index (χ4v) is 10.5. The Kier molecular flexibility index (Phi) is 12.3. The zero-order valence-corrected chi connectivity index (χ0v) is 40.8. The summed E-state index contributed by atoms with van der Waals surface area (Å²) in [5, 5.41) is 6.23. The molecule has 0 spiro atoms. The zero-order valence-electron chi connectivity index (χ0n) is 36.5. The Labute approximate surface area is 384 Å². The van der Waals surface area contributed by atoms with Gasteiger partial charge in [0.15, 0.2) is 0 Å². The van der Waals surface area contributed by atoms with Gasteiger partial charge in [0.2, 0.25) is 0 Å². The van der Waals surface area contributed by atoms with Crippen molar-refractivity contribution in [3.63, 3.8) is 0 Å². The van der Waals surface area contributed by atoms with Crippen molar-refractivity contribution < 1.29 is 20.1 Å². The van der Waals surface area contributed by atoms with Gasteiger partial charge < -0.3 is 9.55 Å². The molecule has 0 N–H and O–H groups in total. The van der Waals surface area contributed by atoms with Gasteiger partial charge in [0.25, 0.3) is 0 Å². The summed E-state index contributed by atoms with van der Waals surface area (Å²) in [5.41, 5.74) is 12.6. The van der Waals surface area contributed by atoms with E-state index in [1.807, 2.05) is 18.3 Å². The van der Waals surface area contributed by atoms with Gasteiger partial charge in [-0.2, -0.15) is 11.3 Å². The van der Waals surface area contributed by atoms with Crippen molar-refractivity contribution in [2.45, 2.75) is 66.1 Å². The van der Waals surface area contributed by atoms with E-state index in [-0.39, 0.29) is 20.1 Å². The van der Waals surface area contributed by atoms with E-state index in [0.29, 0.717) is 11.8 Å². The normalized spacial score (nSPS) is 11.7. The van der Waals surface area contributed by atoms with E-state index >= 15 is 0 Å². The van der Waals surface area contributed by atoms with Gasteiger partial charge in [0.05, 0.1) is 24.9 Å². The maximum atomic E-state index is 5.30. The Morgan fingerprint density at radius 1 is 0.629 bits per heavy atom. The predicted molar refractivity (Wildman–Crippen MR) is 263 cm³/mol. The van der Waals surface area contributed by atoms with Gasteiger partial charge in [0, 0.05) is 37.7 Å². The average Bonchev–Trinajstić information content (AvgIpc) is 3.84. The smallest absolute Gasteiger partial charge is 0.113 e. The molecule has 6 aromatic carbocycles. The van der Waals surface area contributed by atoms with Crippen molar-refractivity contribution in [1.82, 2.24) is 19.5 Å². The third-order valence-electron chi connectivity index (χ3n) is 11.6. The molecule has 0 unspecified atom stereocenters. The average molecular weight is 1020 g/mol. The first-order valence-electron chi connectivity index (χ1n) is 21.2. The predicted octanol–water partition coefficient (Wildman–Crippen LogP) is 14.7. The summed E-state index contributed by atoms with van der Waals surface area (Å²) < 4.78 is 3.58. The molecule has 4 aromatic heterocycles. The third kappa shape index (κ3) is 8.23. The molecule has 10 aromatic rings. The molecule has 0 saturated heterocycles. The van der Waals surface area contributed by atoms with E-state index < -0.39 is 8.07 Å². The molecule has 0 amide bonds.